The van der Waals surface area contributed by atoms with Crippen LogP contribution in [0, 0.1) is 6.92 Å². The van der Waals surface area contributed by atoms with Gasteiger partial charge in [-0.1, -0.05) is 169 Å². The van der Waals surface area contributed by atoms with Gasteiger partial charge in [0.15, 0.2) is 0 Å². The number of nitrogens with zero attached hydrogens (tertiary/aromatic N) is 2. The minimum atomic E-state index is 0.785. The minimum Gasteiger partial charge on any atom is -0.337 e. The number of rotatable bonds is 11. The van der Waals surface area contributed by atoms with Gasteiger partial charge in [-0.2, -0.15) is 0 Å². The van der Waals surface area contributed by atoms with Crippen molar-refractivity contribution in [3.05, 3.63) is 229 Å². The lowest BCUT2D eigenvalue weighted by Crippen LogP contribution is -2.16. The Kier molecular flexibility index (Phi) is 9.93. The van der Waals surface area contributed by atoms with E-state index in [9.17, 15) is 0 Å². The molecular formula is C51H42N2. The molecule has 8 rings (SSSR count). The first-order chi connectivity index (χ1) is 26.2. The molecule has 0 heterocycles. The van der Waals surface area contributed by atoms with Gasteiger partial charge in [-0.25, -0.2) is 0 Å². The quantitative estimate of drug-likeness (QED) is 0.134. The second-order valence-electron chi connectivity index (χ2n) is 13.6. The number of aryl methyl sites for hydroxylation is 1. The zero-order valence-electron chi connectivity index (χ0n) is 30.0. The Balaban J connectivity index is 1.01. The van der Waals surface area contributed by atoms with Gasteiger partial charge in [0.25, 0.3) is 0 Å². The summed E-state index contributed by atoms with van der Waals surface area (Å²) in [5, 5.41) is 0. The van der Waals surface area contributed by atoms with E-state index in [0.29, 0.717) is 0 Å². The van der Waals surface area contributed by atoms with Crippen LogP contribution in [0.1, 0.15) is 16.7 Å². The molecule has 0 atom stereocenters. The lowest BCUT2D eigenvalue weighted by Gasteiger charge is -2.26. The van der Waals surface area contributed by atoms with Gasteiger partial charge in [-0.3, -0.25) is 0 Å². The Morgan fingerprint density at radius 1 is 0.264 bits per heavy atom. The zero-order valence-corrected chi connectivity index (χ0v) is 30.0. The van der Waals surface area contributed by atoms with Crippen LogP contribution in [0.3, 0.4) is 0 Å². The maximum absolute atomic E-state index is 2.39. The Morgan fingerprint density at radius 2 is 0.509 bits per heavy atom. The highest BCUT2D eigenvalue weighted by molar-refractivity contribution is 5.75. The molecular weight excluding hydrogens is 641 g/mol. The lowest BCUT2D eigenvalue weighted by molar-refractivity contribution is 0.975. The molecule has 0 saturated carbocycles. The van der Waals surface area contributed by atoms with Crippen molar-refractivity contribution >= 4 is 22.7 Å². The average Bonchev–Trinajstić information content (AvgIpc) is 3.24. The summed E-state index contributed by atoms with van der Waals surface area (Å²) < 4.78 is 0. The highest BCUT2D eigenvalue weighted by atomic mass is 15.1. The fourth-order valence-corrected chi connectivity index (χ4v) is 6.91. The topological polar surface area (TPSA) is 6.48 Å². The van der Waals surface area contributed by atoms with E-state index < -0.39 is 0 Å². The van der Waals surface area contributed by atoms with Crippen LogP contribution in [0.5, 0.6) is 0 Å². The highest BCUT2D eigenvalue weighted by Gasteiger charge is 2.13. The van der Waals surface area contributed by atoms with Gasteiger partial charge < -0.3 is 9.80 Å². The smallest absolute Gasteiger partial charge is 0.0481 e. The van der Waals surface area contributed by atoms with E-state index in [2.05, 4.69) is 229 Å². The second-order valence-corrected chi connectivity index (χ2v) is 13.6. The maximum Gasteiger partial charge on any atom is 0.0481 e. The third kappa shape index (κ3) is 7.98. The van der Waals surface area contributed by atoms with Crippen molar-refractivity contribution in [3.8, 4) is 33.4 Å². The molecule has 2 nitrogen and oxygen atoms in total. The summed E-state index contributed by atoms with van der Waals surface area (Å²) in [7, 11) is 0. The van der Waals surface area contributed by atoms with Crippen molar-refractivity contribution in [2.75, 3.05) is 9.80 Å². The molecule has 0 spiro atoms. The fourth-order valence-electron chi connectivity index (χ4n) is 6.91. The van der Waals surface area contributed by atoms with Gasteiger partial charge in [-0.05, 0) is 100.0 Å². The molecule has 2 heteroatoms. The van der Waals surface area contributed by atoms with E-state index in [-0.39, 0.29) is 0 Å². The normalized spacial score (nSPS) is 10.9. The van der Waals surface area contributed by atoms with Gasteiger partial charge in [0.2, 0.25) is 0 Å². The van der Waals surface area contributed by atoms with Crippen molar-refractivity contribution < 1.29 is 0 Å². The number of hydrogen-bond acceptors (Lipinski definition) is 2. The molecule has 53 heavy (non-hydrogen) atoms. The standard InChI is InChI=1S/C51H42N2/c1-39-17-29-48(30-18-39)52(37-40-11-5-2-6-12-40)49-33-25-46(26-34-49)43-19-21-44(22-20-43)47-27-35-51(36-28-47)53(38-41-13-7-3-8-14-41)50-31-23-45(24-32-50)42-15-9-4-10-16-42/h2-36H,37-38H2,1H3. The van der Waals surface area contributed by atoms with E-state index in [4.69, 9.17) is 0 Å². The Bertz CT molecular complexity index is 2330. The van der Waals surface area contributed by atoms with Crippen LogP contribution in [-0.4, -0.2) is 0 Å². The Labute approximate surface area is 313 Å². The molecule has 0 aliphatic carbocycles. The summed E-state index contributed by atoms with van der Waals surface area (Å²) in [6.45, 7) is 3.73. The van der Waals surface area contributed by atoms with Crippen LogP contribution < -0.4 is 9.80 Å². The fraction of sp³-hybridized carbons (Fsp3) is 0.0588. The van der Waals surface area contributed by atoms with Gasteiger partial charge in [0, 0.05) is 35.8 Å². The van der Waals surface area contributed by atoms with Crippen molar-refractivity contribution in [2.24, 2.45) is 0 Å². The summed E-state index contributed by atoms with van der Waals surface area (Å²) in [5.41, 5.74) is 15.7. The summed E-state index contributed by atoms with van der Waals surface area (Å²) in [6, 6.07) is 76.4. The molecule has 8 aromatic rings. The molecule has 0 saturated heterocycles. The maximum atomic E-state index is 2.39. The Hall–Kier alpha value is -6.64. The van der Waals surface area contributed by atoms with Gasteiger partial charge in [0.05, 0.1) is 0 Å². The van der Waals surface area contributed by atoms with Crippen LogP contribution in [0.4, 0.5) is 22.7 Å². The summed E-state index contributed by atoms with van der Waals surface area (Å²) in [4.78, 5) is 4.77. The van der Waals surface area contributed by atoms with Crippen molar-refractivity contribution in [2.45, 2.75) is 20.0 Å². The van der Waals surface area contributed by atoms with Crippen molar-refractivity contribution in [3.63, 3.8) is 0 Å². The molecule has 0 bridgehead atoms. The largest absolute Gasteiger partial charge is 0.337 e. The molecule has 0 radical (unpaired) electrons. The molecule has 0 aliphatic heterocycles. The molecule has 256 valence electrons. The van der Waals surface area contributed by atoms with Crippen LogP contribution in [0.25, 0.3) is 33.4 Å². The number of anilines is 4. The van der Waals surface area contributed by atoms with Gasteiger partial charge in [0.1, 0.15) is 0 Å². The third-order valence-corrected chi connectivity index (χ3v) is 9.91. The average molecular weight is 683 g/mol. The first-order valence-corrected chi connectivity index (χ1v) is 18.3. The first kappa shape index (κ1) is 33.5. The third-order valence-electron chi connectivity index (χ3n) is 9.91. The van der Waals surface area contributed by atoms with Crippen LogP contribution in [0.15, 0.2) is 212 Å². The van der Waals surface area contributed by atoms with Crippen molar-refractivity contribution in [1.82, 2.24) is 0 Å². The molecule has 0 unspecified atom stereocenters. The zero-order chi connectivity index (χ0) is 35.8. The minimum absolute atomic E-state index is 0.785. The van der Waals surface area contributed by atoms with E-state index in [0.717, 1.165) is 18.8 Å². The van der Waals surface area contributed by atoms with Crippen LogP contribution in [-0.2, 0) is 13.1 Å². The van der Waals surface area contributed by atoms with Gasteiger partial charge >= 0.3 is 0 Å². The summed E-state index contributed by atoms with van der Waals surface area (Å²) in [6.07, 6.45) is 0. The molecule has 0 aliphatic rings. The molecule has 0 fully saturated rings. The van der Waals surface area contributed by atoms with Crippen LogP contribution >= 0.6 is 0 Å². The monoisotopic (exact) mass is 682 g/mol. The summed E-state index contributed by atoms with van der Waals surface area (Å²) in [5.74, 6) is 0. The van der Waals surface area contributed by atoms with Crippen molar-refractivity contribution in [1.29, 1.82) is 0 Å². The Morgan fingerprint density at radius 3 is 0.830 bits per heavy atom. The van der Waals surface area contributed by atoms with Crippen LogP contribution in [0.2, 0.25) is 0 Å². The number of benzene rings is 8. The number of hydrogen-bond donors (Lipinski definition) is 0. The predicted octanol–water partition coefficient (Wildman–Crippen LogP) is 13.7. The SMILES string of the molecule is Cc1ccc(N(Cc2ccccc2)c2ccc(-c3ccc(-c4ccc(N(Cc5ccccc5)c5ccc(-c6ccccc6)cc5)cc4)cc3)cc2)cc1. The van der Waals surface area contributed by atoms with Gasteiger partial charge in [-0.15, -0.1) is 0 Å². The molecule has 0 amide bonds. The summed E-state index contributed by atoms with van der Waals surface area (Å²) >= 11 is 0. The van der Waals surface area contributed by atoms with E-state index in [1.165, 1.54) is 67.1 Å². The lowest BCUT2D eigenvalue weighted by atomic mass is 9.99. The predicted molar refractivity (Wildman–Crippen MR) is 225 cm³/mol. The second kappa shape index (κ2) is 15.7. The van der Waals surface area contributed by atoms with E-state index in [1.54, 1.807) is 0 Å². The molecule has 0 aromatic heterocycles. The first-order valence-electron chi connectivity index (χ1n) is 18.3. The molecule has 8 aromatic carbocycles. The molecule has 0 N–H and O–H groups in total. The highest BCUT2D eigenvalue weighted by Crippen LogP contribution is 2.34. The van der Waals surface area contributed by atoms with E-state index >= 15 is 0 Å². The van der Waals surface area contributed by atoms with E-state index in [1.807, 2.05) is 0 Å².